The lowest BCUT2D eigenvalue weighted by Gasteiger charge is -2.32. The van der Waals surface area contributed by atoms with Crippen molar-refractivity contribution >= 4 is 18.3 Å². The maximum absolute atomic E-state index is 12.5. The van der Waals surface area contributed by atoms with E-state index in [0.717, 1.165) is 32.6 Å². The Morgan fingerprint density at radius 1 is 1.12 bits per heavy atom. The first kappa shape index (κ1) is 14.8. The third-order valence-corrected chi connectivity index (χ3v) is 4.03. The van der Waals surface area contributed by atoms with Gasteiger partial charge in [0.05, 0.1) is 5.41 Å². The fraction of sp³-hybridized carbons (Fsp3) is 0.923. The molecule has 0 aliphatic carbocycles. The number of rotatable bonds is 1. The fourth-order valence-electron chi connectivity index (χ4n) is 2.83. The Morgan fingerprint density at radius 2 is 1.71 bits per heavy atom. The number of nitrogens with one attached hydrogen (secondary N) is 1. The van der Waals surface area contributed by atoms with Crippen molar-refractivity contribution in [1.29, 1.82) is 0 Å². The number of nitrogens with zero attached hydrogens (tertiary/aromatic N) is 1. The van der Waals surface area contributed by atoms with Crippen LogP contribution in [0.3, 0.4) is 0 Å². The Balaban J connectivity index is 0.00000144. The standard InChI is InChI=1S/C13H24N2O.ClH/c1-13(7-8-14-11-13)12(16)15-9-5-3-2-4-6-10-15;/h14H,2-11H2,1H3;1H. The van der Waals surface area contributed by atoms with Gasteiger partial charge < -0.3 is 10.2 Å². The maximum Gasteiger partial charge on any atom is 0.229 e. The molecule has 0 spiro atoms. The van der Waals surface area contributed by atoms with Crippen LogP contribution in [0.5, 0.6) is 0 Å². The van der Waals surface area contributed by atoms with Crippen molar-refractivity contribution in [1.82, 2.24) is 10.2 Å². The zero-order valence-corrected chi connectivity index (χ0v) is 11.7. The van der Waals surface area contributed by atoms with Crippen molar-refractivity contribution in [3.05, 3.63) is 0 Å². The van der Waals surface area contributed by atoms with Crippen molar-refractivity contribution in [2.75, 3.05) is 26.2 Å². The molecule has 0 saturated carbocycles. The molecule has 2 heterocycles. The zero-order chi connectivity index (χ0) is 11.4. The summed E-state index contributed by atoms with van der Waals surface area (Å²) < 4.78 is 0. The van der Waals surface area contributed by atoms with Gasteiger partial charge in [0.2, 0.25) is 5.91 Å². The predicted octanol–water partition coefficient (Wildman–Crippen LogP) is 2.20. The minimum atomic E-state index is -0.126. The number of hydrogen-bond donors (Lipinski definition) is 1. The van der Waals surface area contributed by atoms with Gasteiger partial charge in [-0.1, -0.05) is 19.3 Å². The van der Waals surface area contributed by atoms with Gasteiger partial charge in [-0.05, 0) is 32.7 Å². The lowest BCUT2D eigenvalue weighted by molar-refractivity contribution is -0.140. The number of carbonyl (C=O) groups excluding carboxylic acids is 1. The summed E-state index contributed by atoms with van der Waals surface area (Å²) in [6.45, 7) is 5.94. The Hall–Kier alpha value is -0.280. The molecule has 2 rings (SSSR count). The SMILES string of the molecule is CC1(C(=O)N2CCCCCCC2)CCNC1.Cl. The van der Waals surface area contributed by atoms with Crippen LogP contribution in [-0.2, 0) is 4.79 Å². The summed E-state index contributed by atoms with van der Waals surface area (Å²) in [5.74, 6) is 0.388. The molecule has 2 aliphatic rings. The summed E-state index contributed by atoms with van der Waals surface area (Å²) in [4.78, 5) is 14.6. The summed E-state index contributed by atoms with van der Waals surface area (Å²) in [5, 5.41) is 3.31. The molecular formula is C13H25ClN2O. The minimum Gasteiger partial charge on any atom is -0.342 e. The molecule has 1 unspecified atom stereocenters. The molecule has 0 aromatic carbocycles. The van der Waals surface area contributed by atoms with E-state index in [2.05, 4.69) is 17.1 Å². The largest absolute Gasteiger partial charge is 0.342 e. The van der Waals surface area contributed by atoms with Crippen LogP contribution in [0, 0.1) is 5.41 Å². The Bertz CT molecular complexity index is 244. The molecule has 0 bridgehead atoms. The molecular weight excluding hydrogens is 236 g/mol. The molecule has 2 aliphatic heterocycles. The van der Waals surface area contributed by atoms with Gasteiger partial charge in [-0.2, -0.15) is 0 Å². The van der Waals surface area contributed by atoms with Gasteiger partial charge in [-0.25, -0.2) is 0 Å². The molecule has 1 atom stereocenters. The van der Waals surface area contributed by atoms with Crippen molar-refractivity contribution in [3.8, 4) is 0 Å². The molecule has 0 aromatic rings. The summed E-state index contributed by atoms with van der Waals surface area (Å²) in [7, 11) is 0. The highest BCUT2D eigenvalue weighted by Gasteiger charge is 2.38. The normalized spacial score (nSPS) is 30.3. The Labute approximate surface area is 111 Å². The van der Waals surface area contributed by atoms with E-state index in [4.69, 9.17) is 0 Å². The van der Waals surface area contributed by atoms with Gasteiger partial charge in [0.15, 0.2) is 0 Å². The molecule has 2 saturated heterocycles. The molecule has 0 aromatic heterocycles. The summed E-state index contributed by atoms with van der Waals surface area (Å²) in [5.41, 5.74) is -0.126. The summed E-state index contributed by atoms with van der Waals surface area (Å²) >= 11 is 0. The molecule has 2 fully saturated rings. The first-order valence-corrected chi connectivity index (χ1v) is 6.72. The molecule has 1 N–H and O–H groups in total. The monoisotopic (exact) mass is 260 g/mol. The van der Waals surface area contributed by atoms with Crippen LogP contribution in [0.1, 0.15) is 45.4 Å². The highest BCUT2D eigenvalue weighted by atomic mass is 35.5. The van der Waals surface area contributed by atoms with E-state index in [9.17, 15) is 4.79 Å². The van der Waals surface area contributed by atoms with Gasteiger partial charge in [-0.3, -0.25) is 4.79 Å². The van der Waals surface area contributed by atoms with Gasteiger partial charge in [0.25, 0.3) is 0 Å². The quantitative estimate of drug-likeness (QED) is 0.784. The first-order valence-electron chi connectivity index (χ1n) is 6.72. The van der Waals surface area contributed by atoms with Crippen molar-refractivity contribution in [2.45, 2.75) is 45.4 Å². The average Bonchev–Trinajstić information content (AvgIpc) is 2.65. The van der Waals surface area contributed by atoms with Crippen molar-refractivity contribution < 1.29 is 4.79 Å². The van der Waals surface area contributed by atoms with Gasteiger partial charge in [-0.15, -0.1) is 12.4 Å². The lowest BCUT2D eigenvalue weighted by Crippen LogP contribution is -2.44. The van der Waals surface area contributed by atoms with Gasteiger partial charge in [0.1, 0.15) is 0 Å². The van der Waals surface area contributed by atoms with Crippen molar-refractivity contribution in [3.63, 3.8) is 0 Å². The number of amides is 1. The van der Waals surface area contributed by atoms with E-state index in [1.54, 1.807) is 0 Å². The molecule has 17 heavy (non-hydrogen) atoms. The van der Waals surface area contributed by atoms with E-state index in [1.807, 2.05) is 0 Å². The van der Waals surface area contributed by atoms with Gasteiger partial charge >= 0.3 is 0 Å². The van der Waals surface area contributed by atoms with E-state index in [0.29, 0.717) is 5.91 Å². The van der Waals surface area contributed by atoms with Crippen LogP contribution in [0.25, 0.3) is 0 Å². The van der Waals surface area contributed by atoms with Crippen LogP contribution in [0.2, 0.25) is 0 Å². The van der Waals surface area contributed by atoms with Crippen LogP contribution in [0.4, 0.5) is 0 Å². The smallest absolute Gasteiger partial charge is 0.229 e. The first-order chi connectivity index (χ1) is 7.72. The molecule has 100 valence electrons. The van der Waals surface area contributed by atoms with Crippen LogP contribution in [0.15, 0.2) is 0 Å². The number of carbonyl (C=O) groups is 1. The van der Waals surface area contributed by atoms with E-state index >= 15 is 0 Å². The van der Waals surface area contributed by atoms with Crippen LogP contribution < -0.4 is 5.32 Å². The molecule has 0 radical (unpaired) electrons. The topological polar surface area (TPSA) is 32.3 Å². The molecule has 1 amide bonds. The van der Waals surface area contributed by atoms with Crippen LogP contribution >= 0.6 is 12.4 Å². The second-order valence-electron chi connectivity index (χ2n) is 5.55. The minimum absolute atomic E-state index is 0. The highest BCUT2D eigenvalue weighted by Crippen LogP contribution is 2.28. The lowest BCUT2D eigenvalue weighted by atomic mass is 9.87. The van der Waals surface area contributed by atoms with Crippen LogP contribution in [-0.4, -0.2) is 37.0 Å². The Morgan fingerprint density at radius 3 is 2.24 bits per heavy atom. The number of hydrogen-bond acceptors (Lipinski definition) is 2. The third-order valence-electron chi connectivity index (χ3n) is 4.03. The maximum atomic E-state index is 12.5. The zero-order valence-electron chi connectivity index (χ0n) is 10.8. The highest BCUT2D eigenvalue weighted by molar-refractivity contribution is 5.85. The van der Waals surface area contributed by atoms with E-state index < -0.39 is 0 Å². The second kappa shape index (κ2) is 6.60. The van der Waals surface area contributed by atoms with E-state index in [1.165, 1.54) is 32.1 Å². The third kappa shape index (κ3) is 3.59. The molecule has 4 heteroatoms. The van der Waals surface area contributed by atoms with E-state index in [-0.39, 0.29) is 17.8 Å². The predicted molar refractivity (Wildman–Crippen MR) is 72.5 cm³/mol. The Kier molecular flexibility index (Phi) is 5.74. The molecule has 3 nitrogen and oxygen atoms in total. The van der Waals surface area contributed by atoms with Gasteiger partial charge in [0, 0.05) is 19.6 Å². The number of likely N-dealkylation sites (tertiary alicyclic amines) is 1. The van der Waals surface area contributed by atoms with Crippen molar-refractivity contribution in [2.24, 2.45) is 5.41 Å². The number of halogens is 1. The summed E-state index contributed by atoms with van der Waals surface area (Å²) in [6.07, 6.45) is 7.31. The average molecular weight is 261 g/mol. The fourth-order valence-corrected chi connectivity index (χ4v) is 2.83. The summed E-state index contributed by atoms with van der Waals surface area (Å²) in [6, 6.07) is 0. The second-order valence-corrected chi connectivity index (χ2v) is 5.55.